The minimum atomic E-state index is -0.961. The van der Waals surface area contributed by atoms with Crippen molar-refractivity contribution >= 4 is 34.8 Å². The lowest BCUT2D eigenvalue weighted by atomic mass is 9.99. The third kappa shape index (κ3) is 3.25. The van der Waals surface area contributed by atoms with Crippen molar-refractivity contribution < 1.29 is 9.90 Å². The SMILES string of the molecule is CCC(C)(N)C(=O)Nc1cc(Cl)c(O)c(Cl)c1. The second-order valence-electron chi connectivity index (χ2n) is 4.01. The molecule has 0 saturated heterocycles. The smallest absolute Gasteiger partial charge is 0.244 e. The van der Waals surface area contributed by atoms with Gasteiger partial charge in [-0.15, -0.1) is 0 Å². The van der Waals surface area contributed by atoms with Crippen molar-refractivity contribution in [3.05, 3.63) is 22.2 Å². The number of amides is 1. The van der Waals surface area contributed by atoms with Crippen molar-refractivity contribution in [3.8, 4) is 5.75 Å². The molecule has 0 radical (unpaired) electrons. The Hall–Kier alpha value is -0.970. The van der Waals surface area contributed by atoms with Crippen LogP contribution in [0.3, 0.4) is 0 Å². The van der Waals surface area contributed by atoms with E-state index in [9.17, 15) is 9.90 Å². The molecule has 1 amide bonds. The van der Waals surface area contributed by atoms with Gasteiger partial charge in [0.2, 0.25) is 5.91 Å². The minimum Gasteiger partial charge on any atom is -0.505 e. The van der Waals surface area contributed by atoms with Crippen molar-refractivity contribution in [1.29, 1.82) is 0 Å². The molecule has 1 atom stereocenters. The molecule has 94 valence electrons. The van der Waals surface area contributed by atoms with E-state index in [0.717, 1.165) is 0 Å². The summed E-state index contributed by atoms with van der Waals surface area (Å²) in [6.07, 6.45) is 0.498. The van der Waals surface area contributed by atoms with E-state index >= 15 is 0 Å². The lowest BCUT2D eigenvalue weighted by Crippen LogP contribution is -2.47. The summed E-state index contributed by atoms with van der Waals surface area (Å²) in [6.45, 7) is 3.45. The van der Waals surface area contributed by atoms with E-state index in [1.807, 2.05) is 6.92 Å². The highest BCUT2D eigenvalue weighted by Gasteiger charge is 2.26. The maximum absolute atomic E-state index is 11.8. The number of phenolic OH excluding ortho intramolecular Hbond substituents is 1. The van der Waals surface area contributed by atoms with Gasteiger partial charge < -0.3 is 16.2 Å². The van der Waals surface area contributed by atoms with E-state index in [0.29, 0.717) is 12.1 Å². The van der Waals surface area contributed by atoms with Crippen LogP contribution in [0.1, 0.15) is 20.3 Å². The second-order valence-corrected chi connectivity index (χ2v) is 4.83. The largest absolute Gasteiger partial charge is 0.505 e. The van der Waals surface area contributed by atoms with Crippen LogP contribution in [-0.4, -0.2) is 16.6 Å². The van der Waals surface area contributed by atoms with Crippen LogP contribution >= 0.6 is 23.2 Å². The number of carbonyl (C=O) groups is 1. The summed E-state index contributed by atoms with van der Waals surface area (Å²) in [5, 5.41) is 12.1. The Balaban J connectivity index is 2.94. The lowest BCUT2D eigenvalue weighted by molar-refractivity contribution is -0.120. The number of halogens is 2. The fourth-order valence-corrected chi connectivity index (χ4v) is 1.56. The number of rotatable bonds is 3. The van der Waals surface area contributed by atoms with E-state index in [2.05, 4.69) is 5.32 Å². The van der Waals surface area contributed by atoms with Gasteiger partial charge in [-0.1, -0.05) is 30.1 Å². The predicted molar refractivity (Wildman–Crippen MR) is 69.6 cm³/mol. The van der Waals surface area contributed by atoms with Crippen molar-refractivity contribution in [2.45, 2.75) is 25.8 Å². The highest BCUT2D eigenvalue weighted by Crippen LogP contribution is 2.34. The van der Waals surface area contributed by atoms with Crippen molar-refractivity contribution in [1.82, 2.24) is 0 Å². The number of aromatic hydroxyl groups is 1. The fourth-order valence-electron chi connectivity index (χ4n) is 1.07. The molecule has 1 aromatic carbocycles. The number of carbonyl (C=O) groups excluding carboxylic acids is 1. The van der Waals surface area contributed by atoms with Crippen LogP contribution in [0.4, 0.5) is 5.69 Å². The molecule has 0 saturated carbocycles. The average Bonchev–Trinajstić information content (AvgIpc) is 2.25. The third-order valence-electron chi connectivity index (χ3n) is 2.53. The first kappa shape index (κ1) is 14.1. The van der Waals surface area contributed by atoms with Gasteiger partial charge in [-0.25, -0.2) is 0 Å². The van der Waals surface area contributed by atoms with Gasteiger partial charge in [-0.3, -0.25) is 4.79 Å². The standard InChI is InChI=1S/C11H14Cl2N2O2/c1-3-11(2,14)10(17)15-6-4-7(12)9(16)8(13)5-6/h4-5,16H,3,14H2,1-2H3,(H,15,17). The number of nitrogens with one attached hydrogen (secondary N) is 1. The molecule has 0 spiro atoms. The Morgan fingerprint density at radius 3 is 2.35 bits per heavy atom. The molecule has 6 heteroatoms. The first-order valence-electron chi connectivity index (χ1n) is 5.06. The maximum atomic E-state index is 11.8. The van der Waals surface area contributed by atoms with Crippen LogP contribution in [0.15, 0.2) is 12.1 Å². The normalized spacial score (nSPS) is 14.2. The number of nitrogens with two attached hydrogens (primary N) is 1. The number of benzene rings is 1. The van der Waals surface area contributed by atoms with E-state index in [-0.39, 0.29) is 21.7 Å². The summed E-state index contributed by atoms with van der Waals surface area (Å²) < 4.78 is 0. The van der Waals surface area contributed by atoms with Crippen molar-refractivity contribution in [2.75, 3.05) is 5.32 Å². The molecule has 0 bridgehead atoms. The van der Waals surface area contributed by atoms with Crippen LogP contribution in [0, 0.1) is 0 Å². The third-order valence-corrected chi connectivity index (χ3v) is 3.10. The van der Waals surface area contributed by atoms with Crippen molar-refractivity contribution in [2.24, 2.45) is 5.73 Å². The Morgan fingerprint density at radius 1 is 1.47 bits per heavy atom. The summed E-state index contributed by atoms with van der Waals surface area (Å²) in [6, 6.07) is 2.82. The molecular formula is C11H14Cl2N2O2. The van der Waals surface area contributed by atoms with E-state index in [1.165, 1.54) is 12.1 Å². The first-order chi connectivity index (χ1) is 7.77. The zero-order valence-electron chi connectivity index (χ0n) is 9.55. The average molecular weight is 277 g/mol. The minimum absolute atomic E-state index is 0.0722. The van der Waals surface area contributed by atoms with Crippen LogP contribution < -0.4 is 11.1 Å². The van der Waals surface area contributed by atoms with E-state index in [4.69, 9.17) is 28.9 Å². The predicted octanol–water partition coefficient (Wildman–Crippen LogP) is 2.76. The Bertz CT molecular complexity index is 424. The fraction of sp³-hybridized carbons (Fsp3) is 0.364. The van der Waals surface area contributed by atoms with Gasteiger partial charge in [0.15, 0.2) is 5.75 Å². The summed E-state index contributed by atoms with van der Waals surface area (Å²) >= 11 is 11.5. The van der Waals surface area contributed by atoms with Crippen LogP contribution in [0.2, 0.25) is 10.0 Å². The van der Waals surface area contributed by atoms with E-state index < -0.39 is 5.54 Å². The van der Waals surface area contributed by atoms with Crippen LogP contribution in [0.25, 0.3) is 0 Å². The molecular weight excluding hydrogens is 263 g/mol. The summed E-state index contributed by atoms with van der Waals surface area (Å²) in [7, 11) is 0. The number of hydrogen-bond acceptors (Lipinski definition) is 3. The maximum Gasteiger partial charge on any atom is 0.244 e. The van der Waals surface area contributed by atoms with Gasteiger partial charge in [0.25, 0.3) is 0 Å². The highest BCUT2D eigenvalue weighted by molar-refractivity contribution is 6.37. The molecule has 4 N–H and O–H groups in total. The molecule has 0 fully saturated rings. The molecule has 0 heterocycles. The number of phenols is 1. The Morgan fingerprint density at radius 2 is 1.94 bits per heavy atom. The Labute approximate surface area is 110 Å². The van der Waals surface area contributed by atoms with E-state index in [1.54, 1.807) is 6.92 Å². The van der Waals surface area contributed by atoms with Gasteiger partial charge in [-0.05, 0) is 25.5 Å². The highest BCUT2D eigenvalue weighted by atomic mass is 35.5. The van der Waals surface area contributed by atoms with Gasteiger partial charge in [-0.2, -0.15) is 0 Å². The van der Waals surface area contributed by atoms with Crippen LogP contribution in [-0.2, 0) is 4.79 Å². The summed E-state index contributed by atoms with van der Waals surface area (Å²) in [5.74, 6) is -0.546. The molecule has 0 aliphatic carbocycles. The zero-order chi connectivity index (χ0) is 13.2. The molecule has 0 aliphatic rings. The van der Waals surface area contributed by atoms with Gasteiger partial charge in [0.05, 0.1) is 15.6 Å². The second kappa shape index (κ2) is 5.12. The molecule has 4 nitrogen and oxygen atoms in total. The topological polar surface area (TPSA) is 75.4 Å². The zero-order valence-corrected chi connectivity index (χ0v) is 11.1. The van der Waals surface area contributed by atoms with Crippen LogP contribution in [0.5, 0.6) is 5.75 Å². The summed E-state index contributed by atoms with van der Waals surface area (Å²) in [4.78, 5) is 11.8. The molecule has 1 unspecified atom stereocenters. The molecule has 0 aliphatic heterocycles. The Kier molecular flexibility index (Phi) is 4.25. The molecule has 17 heavy (non-hydrogen) atoms. The molecule has 0 aromatic heterocycles. The van der Waals surface area contributed by atoms with Gasteiger partial charge >= 0.3 is 0 Å². The monoisotopic (exact) mass is 276 g/mol. The molecule has 1 rings (SSSR count). The lowest BCUT2D eigenvalue weighted by Gasteiger charge is -2.21. The quantitative estimate of drug-likeness (QED) is 0.743. The first-order valence-corrected chi connectivity index (χ1v) is 5.82. The number of hydrogen-bond donors (Lipinski definition) is 3. The number of anilines is 1. The summed E-state index contributed by atoms with van der Waals surface area (Å²) in [5.41, 5.74) is 5.22. The molecule has 1 aromatic rings. The van der Waals surface area contributed by atoms with Gasteiger partial charge in [0, 0.05) is 5.69 Å². The van der Waals surface area contributed by atoms with Gasteiger partial charge in [0.1, 0.15) is 0 Å². The van der Waals surface area contributed by atoms with Crippen molar-refractivity contribution in [3.63, 3.8) is 0 Å².